The van der Waals surface area contributed by atoms with Gasteiger partial charge < -0.3 is 14.2 Å². The summed E-state index contributed by atoms with van der Waals surface area (Å²) < 4.78 is 12.9. The molecule has 0 aromatic carbocycles. The topological polar surface area (TPSA) is 86.3 Å². The number of hydrogen-bond acceptors (Lipinski definition) is 7. The van der Waals surface area contributed by atoms with E-state index in [1.165, 1.54) is 0 Å². The van der Waals surface area contributed by atoms with Crippen LogP contribution in [-0.2, 0) is 11.3 Å². The second-order valence-corrected chi connectivity index (χ2v) is 6.98. The van der Waals surface area contributed by atoms with E-state index >= 15 is 0 Å². The molecule has 0 bridgehead atoms. The third-order valence-corrected chi connectivity index (χ3v) is 5.01. The van der Waals surface area contributed by atoms with E-state index in [1.54, 1.807) is 33.3 Å². The normalized spacial score (nSPS) is 17.6. The fraction of sp³-hybridized carbons (Fsp3) is 0.412. The Labute approximate surface area is 154 Å². The van der Waals surface area contributed by atoms with Crippen LogP contribution < -0.4 is 0 Å². The molecule has 1 saturated heterocycles. The van der Waals surface area contributed by atoms with Gasteiger partial charge in [0.2, 0.25) is 5.82 Å². The molecule has 0 unspecified atom stereocenters. The van der Waals surface area contributed by atoms with Crippen LogP contribution in [0.5, 0.6) is 0 Å². The van der Waals surface area contributed by atoms with Crippen molar-refractivity contribution >= 4 is 17.2 Å². The molecule has 1 amide bonds. The number of aryl methyl sites for hydroxylation is 1. The lowest BCUT2D eigenvalue weighted by Crippen LogP contribution is -2.42. The fourth-order valence-corrected chi connectivity index (χ4v) is 3.51. The molecular formula is C17H19N5O3S. The number of hydrogen-bond donors (Lipinski definition) is 0. The Morgan fingerprint density at radius 3 is 3.19 bits per heavy atom. The maximum Gasteiger partial charge on any atom is 0.257 e. The fourth-order valence-electron chi connectivity index (χ4n) is 2.86. The van der Waals surface area contributed by atoms with Gasteiger partial charge in [0, 0.05) is 19.3 Å². The summed E-state index contributed by atoms with van der Waals surface area (Å²) in [5.41, 5.74) is 0.587. The van der Waals surface area contributed by atoms with Crippen LogP contribution in [-0.4, -0.2) is 50.4 Å². The molecule has 4 rings (SSSR count). The predicted molar refractivity (Wildman–Crippen MR) is 94.7 cm³/mol. The molecule has 0 spiro atoms. The number of carbonyl (C=O) groups excluding carboxylic acids is 1. The molecule has 1 aliphatic heterocycles. The van der Waals surface area contributed by atoms with Crippen LogP contribution >= 0.6 is 11.3 Å². The van der Waals surface area contributed by atoms with E-state index < -0.39 is 6.10 Å². The highest BCUT2D eigenvalue weighted by molar-refractivity contribution is 7.13. The lowest BCUT2D eigenvalue weighted by Gasteiger charge is -2.30. The lowest BCUT2D eigenvalue weighted by atomic mass is 10.2. The minimum atomic E-state index is -0.417. The third-order valence-electron chi connectivity index (χ3n) is 4.15. The van der Waals surface area contributed by atoms with E-state index in [0.29, 0.717) is 37.0 Å². The molecule has 0 saturated carbocycles. The highest BCUT2D eigenvalue weighted by Crippen LogP contribution is 2.26. The maximum absolute atomic E-state index is 12.7. The van der Waals surface area contributed by atoms with Crippen LogP contribution in [0.1, 0.15) is 35.7 Å². The smallest absolute Gasteiger partial charge is 0.257 e. The molecule has 8 nitrogen and oxygen atoms in total. The van der Waals surface area contributed by atoms with Crippen molar-refractivity contribution in [2.75, 3.05) is 19.7 Å². The summed E-state index contributed by atoms with van der Waals surface area (Å²) in [6.07, 6.45) is 3.96. The van der Waals surface area contributed by atoms with Crippen molar-refractivity contribution in [3.63, 3.8) is 0 Å². The van der Waals surface area contributed by atoms with Crippen molar-refractivity contribution in [1.29, 1.82) is 0 Å². The molecule has 26 heavy (non-hydrogen) atoms. The van der Waals surface area contributed by atoms with Crippen molar-refractivity contribution in [1.82, 2.24) is 24.8 Å². The molecule has 1 atom stereocenters. The first-order valence-corrected chi connectivity index (χ1v) is 9.43. The Bertz CT molecular complexity index is 873. The monoisotopic (exact) mass is 373 g/mol. The number of thiophene rings is 1. The molecule has 9 heteroatoms. The largest absolute Gasteiger partial charge is 0.365 e. The number of amides is 1. The van der Waals surface area contributed by atoms with Gasteiger partial charge in [0.25, 0.3) is 11.8 Å². The van der Waals surface area contributed by atoms with Gasteiger partial charge in [-0.2, -0.15) is 10.1 Å². The first-order valence-electron chi connectivity index (χ1n) is 8.55. The molecule has 1 aliphatic rings. The summed E-state index contributed by atoms with van der Waals surface area (Å²) in [7, 11) is 0. The minimum Gasteiger partial charge on any atom is -0.365 e. The Hall–Kier alpha value is -2.52. The van der Waals surface area contributed by atoms with Crippen molar-refractivity contribution in [3.8, 4) is 10.7 Å². The van der Waals surface area contributed by atoms with Gasteiger partial charge in [-0.3, -0.25) is 9.48 Å². The van der Waals surface area contributed by atoms with E-state index in [-0.39, 0.29) is 5.91 Å². The SMILES string of the molecule is CCCn1cc(C(=O)N2CCO[C@@H](c3nc(-c4cccs4)no3)C2)cn1. The summed E-state index contributed by atoms with van der Waals surface area (Å²) in [5.74, 6) is 0.883. The van der Waals surface area contributed by atoms with Crippen molar-refractivity contribution in [2.24, 2.45) is 0 Å². The van der Waals surface area contributed by atoms with Crippen LogP contribution in [0, 0.1) is 0 Å². The number of ether oxygens (including phenoxy) is 1. The minimum absolute atomic E-state index is 0.0568. The Morgan fingerprint density at radius 1 is 1.46 bits per heavy atom. The molecule has 1 fully saturated rings. The van der Waals surface area contributed by atoms with E-state index in [1.807, 2.05) is 17.5 Å². The zero-order valence-electron chi connectivity index (χ0n) is 14.4. The number of rotatable bonds is 5. The standard InChI is InChI=1S/C17H19N5O3S/c1-2-5-22-10-12(9-18-22)17(23)21-6-7-24-13(11-21)16-19-15(20-25-16)14-4-3-8-26-14/h3-4,8-10,13H,2,5-7,11H2,1H3/t13-/m1/s1. The van der Waals surface area contributed by atoms with Gasteiger partial charge in [0.05, 0.1) is 29.8 Å². The van der Waals surface area contributed by atoms with E-state index in [4.69, 9.17) is 9.26 Å². The lowest BCUT2D eigenvalue weighted by molar-refractivity contribution is -0.0367. The molecule has 0 radical (unpaired) electrons. The summed E-state index contributed by atoms with van der Waals surface area (Å²) in [5, 5.41) is 10.2. The zero-order valence-corrected chi connectivity index (χ0v) is 15.2. The molecular weight excluding hydrogens is 354 g/mol. The first kappa shape index (κ1) is 16.9. The number of nitrogens with zero attached hydrogens (tertiary/aromatic N) is 5. The Morgan fingerprint density at radius 2 is 2.38 bits per heavy atom. The van der Waals surface area contributed by atoms with Gasteiger partial charge in [-0.25, -0.2) is 0 Å². The van der Waals surface area contributed by atoms with Gasteiger partial charge in [-0.15, -0.1) is 11.3 Å². The summed E-state index contributed by atoms with van der Waals surface area (Å²) in [4.78, 5) is 19.8. The molecule has 3 aromatic heterocycles. The predicted octanol–water partition coefficient (Wildman–Crippen LogP) is 2.62. The van der Waals surface area contributed by atoms with Crippen LogP contribution in [0.25, 0.3) is 10.7 Å². The van der Waals surface area contributed by atoms with Crippen molar-refractivity contribution < 1.29 is 14.1 Å². The van der Waals surface area contributed by atoms with E-state index in [2.05, 4.69) is 22.2 Å². The van der Waals surface area contributed by atoms with Crippen molar-refractivity contribution in [2.45, 2.75) is 26.0 Å². The second-order valence-electron chi connectivity index (χ2n) is 6.04. The number of aromatic nitrogens is 4. The molecule has 3 aromatic rings. The van der Waals surface area contributed by atoms with E-state index in [0.717, 1.165) is 17.8 Å². The van der Waals surface area contributed by atoms with Crippen LogP contribution in [0.4, 0.5) is 0 Å². The molecule has 0 aliphatic carbocycles. The van der Waals surface area contributed by atoms with Crippen LogP contribution in [0.3, 0.4) is 0 Å². The number of morpholine rings is 1. The molecule has 4 heterocycles. The average Bonchev–Trinajstić information content (AvgIpc) is 3.41. The van der Waals surface area contributed by atoms with Crippen LogP contribution in [0.2, 0.25) is 0 Å². The molecule has 136 valence electrons. The van der Waals surface area contributed by atoms with Gasteiger partial charge in [0.15, 0.2) is 6.10 Å². The first-order chi connectivity index (χ1) is 12.7. The van der Waals surface area contributed by atoms with Gasteiger partial charge in [-0.1, -0.05) is 18.1 Å². The van der Waals surface area contributed by atoms with Crippen LogP contribution in [0.15, 0.2) is 34.4 Å². The number of carbonyl (C=O) groups is 1. The zero-order chi connectivity index (χ0) is 17.9. The summed E-state index contributed by atoms with van der Waals surface area (Å²) >= 11 is 1.55. The van der Waals surface area contributed by atoms with Crippen molar-refractivity contribution in [3.05, 3.63) is 41.4 Å². The summed E-state index contributed by atoms with van der Waals surface area (Å²) in [6.45, 7) is 4.21. The molecule has 0 N–H and O–H groups in total. The Kier molecular flexibility index (Phi) is 4.81. The second kappa shape index (κ2) is 7.38. The highest BCUT2D eigenvalue weighted by atomic mass is 32.1. The maximum atomic E-state index is 12.7. The highest BCUT2D eigenvalue weighted by Gasteiger charge is 2.30. The quantitative estimate of drug-likeness (QED) is 0.683. The van der Waals surface area contributed by atoms with Gasteiger partial charge in [-0.05, 0) is 17.9 Å². The summed E-state index contributed by atoms with van der Waals surface area (Å²) in [6, 6.07) is 3.87. The van der Waals surface area contributed by atoms with Gasteiger partial charge >= 0.3 is 0 Å². The van der Waals surface area contributed by atoms with Gasteiger partial charge in [0.1, 0.15) is 0 Å². The Balaban J connectivity index is 1.46. The third kappa shape index (κ3) is 3.40. The van der Waals surface area contributed by atoms with E-state index in [9.17, 15) is 4.79 Å². The average molecular weight is 373 g/mol.